The third-order valence-electron chi connectivity index (χ3n) is 2.95. The molecule has 0 saturated carbocycles. The van der Waals surface area contributed by atoms with Crippen molar-refractivity contribution in [3.05, 3.63) is 68.4 Å². The van der Waals surface area contributed by atoms with Gasteiger partial charge in [0.1, 0.15) is 5.82 Å². The molecule has 0 radical (unpaired) electrons. The molecule has 1 unspecified atom stereocenters. The molecule has 3 N–H and O–H groups in total. The van der Waals surface area contributed by atoms with Crippen LogP contribution in [0.5, 0.6) is 0 Å². The maximum absolute atomic E-state index is 14.2. The Kier molecular flexibility index (Phi) is 4.58. The van der Waals surface area contributed by atoms with Gasteiger partial charge in [-0.2, -0.15) is 0 Å². The van der Waals surface area contributed by atoms with E-state index in [4.69, 9.17) is 17.4 Å². The molecule has 2 aromatic rings. The van der Waals surface area contributed by atoms with Crippen LogP contribution in [0.4, 0.5) is 4.39 Å². The number of benzene rings is 2. The molecule has 100 valence electrons. The molecular weight excluding hydrogens is 331 g/mol. The Labute approximate surface area is 124 Å². The average molecular weight is 344 g/mol. The van der Waals surface area contributed by atoms with Crippen molar-refractivity contribution in [3.8, 4) is 0 Å². The summed E-state index contributed by atoms with van der Waals surface area (Å²) in [5.41, 5.74) is 5.06. The van der Waals surface area contributed by atoms with E-state index in [2.05, 4.69) is 21.4 Å². The number of hydrogen-bond donors (Lipinski definition) is 2. The molecule has 0 fully saturated rings. The van der Waals surface area contributed by atoms with E-state index in [-0.39, 0.29) is 5.02 Å². The topological polar surface area (TPSA) is 38.0 Å². The van der Waals surface area contributed by atoms with E-state index in [9.17, 15) is 4.39 Å². The van der Waals surface area contributed by atoms with Crippen LogP contribution in [0.15, 0.2) is 40.9 Å². The van der Waals surface area contributed by atoms with Gasteiger partial charge < -0.3 is 0 Å². The van der Waals surface area contributed by atoms with E-state index in [1.807, 2.05) is 31.2 Å². The Morgan fingerprint density at radius 2 is 1.84 bits per heavy atom. The number of hydrazine groups is 1. The van der Waals surface area contributed by atoms with Crippen LogP contribution in [-0.4, -0.2) is 0 Å². The van der Waals surface area contributed by atoms with Crippen LogP contribution in [-0.2, 0) is 0 Å². The summed E-state index contributed by atoms with van der Waals surface area (Å²) in [4.78, 5) is 0. The predicted octanol–water partition coefficient (Wildman–Crippen LogP) is 4.10. The Morgan fingerprint density at radius 1 is 1.21 bits per heavy atom. The highest BCUT2D eigenvalue weighted by Gasteiger charge is 2.19. The second kappa shape index (κ2) is 6.01. The molecule has 0 aliphatic carbocycles. The highest BCUT2D eigenvalue weighted by Crippen LogP contribution is 2.32. The second-order valence-electron chi connectivity index (χ2n) is 4.27. The summed E-state index contributed by atoms with van der Waals surface area (Å²) in [5, 5.41) is 0.0601. The van der Waals surface area contributed by atoms with Crippen molar-refractivity contribution < 1.29 is 4.39 Å². The number of halogens is 3. The summed E-state index contributed by atoms with van der Waals surface area (Å²) in [6.45, 7) is 1.99. The van der Waals surface area contributed by atoms with Gasteiger partial charge in [-0.3, -0.25) is 5.84 Å². The number of nitrogens with two attached hydrogens (primary N) is 1. The van der Waals surface area contributed by atoms with Crippen molar-refractivity contribution in [2.75, 3.05) is 0 Å². The van der Waals surface area contributed by atoms with Gasteiger partial charge in [-0.15, -0.1) is 0 Å². The first kappa shape index (κ1) is 14.5. The third-order valence-corrected chi connectivity index (χ3v) is 4.21. The van der Waals surface area contributed by atoms with Gasteiger partial charge >= 0.3 is 0 Å². The molecule has 2 rings (SSSR count). The number of hydrogen-bond acceptors (Lipinski definition) is 2. The first-order chi connectivity index (χ1) is 9.04. The summed E-state index contributed by atoms with van der Waals surface area (Å²) in [7, 11) is 0. The van der Waals surface area contributed by atoms with E-state index >= 15 is 0 Å². The normalized spacial score (nSPS) is 12.5. The molecular formula is C14H13BrClFN2. The minimum Gasteiger partial charge on any atom is -0.271 e. The number of nitrogens with one attached hydrogen (secondary N) is 1. The second-order valence-corrected chi connectivity index (χ2v) is 5.51. The molecule has 0 amide bonds. The smallest absolute Gasteiger partial charge is 0.148 e. The molecule has 2 aromatic carbocycles. The Balaban J connectivity index is 2.48. The Bertz CT molecular complexity index is 587. The zero-order valence-corrected chi connectivity index (χ0v) is 12.6. The van der Waals surface area contributed by atoms with Crippen LogP contribution < -0.4 is 11.3 Å². The van der Waals surface area contributed by atoms with Crippen molar-refractivity contribution in [2.45, 2.75) is 13.0 Å². The first-order valence-corrected chi connectivity index (χ1v) is 6.87. The largest absolute Gasteiger partial charge is 0.271 e. The molecule has 0 aliphatic rings. The lowest BCUT2D eigenvalue weighted by Crippen LogP contribution is -2.29. The molecule has 1 atom stereocenters. The maximum Gasteiger partial charge on any atom is 0.148 e. The van der Waals surface area contributed by atoms with Crippen molar-refractivity contribution in [1.29, 1.82) is 0 Å². The Morgan fingerprint density at radius 3 is 2.42 bits per heavy atom. The van der Waals surface area contributed by atoms with Crippen LogP contribution in [0, 0.1) is 12.7 Å². The van der Waals surface area contributed by atoms with Crippen molar-refractivity contribution in [3.63, 3.8) is 0 Å². The molecule has 0 bridgehead atoms. The third kappa shape index (κ3) is 2.98. The highest BCUT2D eigenvalue weighted by molar-refractivity contribution is 9.10. The van der Waals surface area contributed by atoms with Gasteiger partial charge in [0.25, 0.3) is 0 Å². The number of aryl methyl sites for hydroxylation is 1. The minimum atomic E-state index is -0.473. The van der Waals surface area contributed by atoms with E-state index < -0.39 is 11.9 Å². The summed E-state index contributed by atoms with van der Waals surface area (Å²) >= 11 is 9.10. The van der Waals surface area contributed by atoms with E-state index in [1.165, 1.54) is 0 Å². The lowest BCUT2D eigenvalue weighted by molar-refractivity contribution is 0.560. The van der Waals surface area contributed by atoms with Gasteiger partial charge in [0.05, 0.1) is 11.1 Å². The number of rotatable bonds is 3. The lowest BCUT2D eigenvalue weighted by Gasteiger charge is -2.18. The van der Waals surface area contributed by atoms with Crippen LogP contribution >= 0.6 is 27.5 Å². The van der Waals surface area contributed by atoms with Crippen molar-refractivity contribution in [2.24, 2.45) is 5.84 Å². The zero-order valence-electron chi connectivity index (χ0n) is 10.3. The van der Waals surface area contributed by atoms with Gasteiger partial charge in [0.2, 0.25) is 0 Å². The summed E-state index contributed by atoms with van der Waals surface area (Å²) in [6, 6.07) is 10.7. The van der Waals surface area contributed by atoms with Gasteiger partial charge in [-0.25, -0.2) is 9.82 Å². The van der Waals surface area contributed by atoms with E-state index in [0.29, 0.717) is 10.0 Å². The monoisotopic (exact) mass is 342 g/mol. The van der Waals surface area contributed by atoms with E-state index in [1.54, 1.807) is 12.1 Å². The fourth-order valence-corrected chi connectivity index (χ4v) is 2.37. The predicted molar refractivity (Wildman–Crippen MR) is 79.5 cm³/mol. The first-order valence-electron chi connectivity index (χ1n) is 5.70. The summed E-state index contributed by atoms with van der Waals surface area (Å²) in [6.07, 6.45) is 0. The molecule has 5 heteroatoms. The van der Waals surface area contributed by atoms with Gasteiger partial charge in [-0.1, -0.05) is 47.5 Å². The maximum atomic E-state index is 14.2. The van der Waals surface area contributed by atoms with E-state index in [0.717, 1.165) is 11.1 Å². The quantitative estimate of drug-likeness (QED) is 0.500. The summed E-state index contributed by atoms with van der Waals surface area (Å²) in [5.74, 6) is 5.09. The lowest BCUT2D eigenvalue weighted by atomic mass is 9.98. The minimum absolute atomic E-state index is 0.0601. The van der Waals surface area contributed by atoms with Crippen LogP contribution in [0.3, 0.4) is 0 Å². The highest BCUT2D eigenvalue weighted by atomic mass is 79.9. The van der Waals surface area contributed by atoms with Gasteiger partial charge in [0, 0.05) is 10.0 Å². The molecule has 0 spiro atoms. The van der Waals surface area contributed by atoms with Crippen molar-refractivity contribution in [1.82, 2.24) is 5.43 Å². The van der Waals surface area contributed by atoms with Gasteiger partial charge in [-0.05, 0) is 34.5 Å². The SMILES string of the molecule is Cc1ccc(C(NN)c2ccc(Br)c(Cl)c2F)cc1. The van der Waals surface area contributed by atoms with Crippen LogP contribution in [0.1, 0.15) is 22.7 Å². The molecule has 0 saturated heterocycles. The summed E-state index contributed by atoms with van der Waals surface area (Å²) < 4.78 is 14.7. The van der Waals surface area contributed by atoms with Crippen LogP contribution in [0.25, 0.3) is 0 Å². The Hall–Kier alpha value is -0.940. The molecule has 19 heavy (non-hydrogen) atoms. The molecule has 0 aliphatic heterocycles. The zero-order chi connectivity index (χ0) is 14.0. The van der Waals surface area contributed by atoms with Gasteiger partial charge in [0.15, 0.2) is 0 Å². The van der Waals surface area contributed by atoms with Crippen LogP contribution in [0.2, 0.25) is 5.02 Å². The molecule has 2 nitrogen and oxygen atoms in total. The molecule has 0 aromatic heterocycles. The average Bonchev–Trinajstić information content (AvgIpc) is 2.41. The van der Waals surface area contributed by atoms with Crippen molar-refractivity contribution >= 4 is 27.5 Å². The standard InChI is InChI=1S/C14H13BrClFN2/c1-8-2-4-9(5-3-8)14(19-18)10-6-7-11(15)12(16)13(10)17/h2-7,14,19H,18H2,1H3. The fraction of sp³-hybridized carbons (Fsp3) is 0.143. The fourth-order valence-electron chi connectivity index (χ4n) is 1.89. The molecule has 0 heterocycles.